The molecule has 5 aromatic carbocycles. The van der Waals surface area contributed by atoms with E-state index in [-0.39, 0.29) is 23.6 Å². The van der Waals surface area contributed by atoms with Gasteiger partial charge in [0.05, 0.1) is 23.7 Å². The first-order chi connectivity index (χ1) is 27.7. The molecular formula is C48H42N4O6. The minimum atomic E-state index is -1.03. The lowest BCUT2D eigenvalue weighted by atomic mass is 9.91. The summed E-state index contributed by atoms with van der Waals surface area (Å²) in [5.74, 6) is -1.40. The Morgan fingerprint density at radius 3 is 1.22 bits per heavy atom. The fourth-order valence-corrected chi connectivity index (χ4v) is 8.42. The van der Waals surface area contributed by atoms with Crippen LogP contribution in [0.1, 0.15) is 85.5 Å². The highest BCUT2D eigenvalue weighted by Crippen LogP contribution is 2.49. The zero-order valence-electron chi connectivity index (χ0n) is 33.0. The topological polar surface area (TPSA) is 125 Å². The van der Waals surface area contributed by atoms with Crippen LogP contribution in [0, 0.1) is 0 Å². The maximum Gasteiger partial charge on any atom is 0.260 e. The van der Waals surface area contributed by atoms with Gasteiger partial charge in [0.25, 0.3) is 11.8 Å². The van der Waals surface area contributed by atoms with Crippen molar-refractivity contribution in [3.63, 3.8) is 0 Å². The Morgan fingerprint density at radius 1 is 0.517 bits per heavy atom. The van der Waals surface area contributed by atoms with Crippen LogP contribution in [0.25, 0.3) is 44.2 Å². The first kappa shape index (κ1) is 36.7. The number of furan rings is 2. The normalized spacial score (nSPS) is 16.6. The molecule has 10 nitrogen and oxygen atoms in total. The smallest absolute Gasteiger partial charge is 0.260 e. The fourth-order valence-electron chi connectivity index (χ4n) is 8.42. The van der Waals surface area contributed by atoms with Crippen molar-refractivity contribution < 1.29 is 28.0 Å². The predicted molar refractivity (Wildman–Crippen MR) is 225 cm³/mol. The largest absolute Gasteiger partial charge is 0.464 e. The quantitative estimate of drug-likeness (QED) is 0.174. The van der Waals surface area contributed by atoms with Gasteiger partial charge in [0, 0.05) is 55.5 Å². The van der Waals surface area contributed by atoms with E-state index in [2.05, 4.69) is 10.6 Å². The minimum absolute atomic E-state index is 0.346. The summed E-state index contributed by atoms with van der Waals surface area (Å²) in [4.78, 5) is 61.5. The van der Waals surface area contributed by atoms with Gasteiger partial charge in [-0.3, -0.25) is 29.0 Å². The third kappa shape index (κ3) is 6.03. The molecule has 9 rings (SSSR count). The monoisotopic (exact) mass is 770 g/mol. The lowest BCUT2D eigenvalue weighted by molar-refractivity contribution is -0.124. The number of hydrogen-bond donors (Lipinski definition) is 2. The summed E-state index contributed by atoms with van der Waals surface area (Å²) in [6.45, 7) is 11.4. The highest BCUT2D eigenvalue weighted by Gasteiger charge is 2.47. The van der Waals surface area contributed by atoms with Crippen LogP contribution in [-0.2, 0) is 9.59 Å². The van der Waals surface area contributed by atoms with Crippen LogP contribution in [0.3, 0.4) is 0 Å². The highest BCUT2D eigenvalue weighted by molar-refractivity contribution is 6.24. The molecule has 4 heterocycles. The number of fused-ring (bicyclic) bond motifs is 4. The zero-order valence-corrected chi connectivity index (χ0v) is 33.0. The van der Waals surface area contributed by atoms with E-state index in [4.69, 9.17) is 8.83 Å². The van der Waals surface area contributed by atoms with E-state index in [0.717, 1.165) is 21.9 Å². The molecule has 2 aliphatic heterocycles. The molecule has 0 saturated carbocycles. The number of carbonyl (C=O) groups is 4. The number of hydrogen-bond acceptors (Lipinski definition) is 6. The lowest BCUT2D eigenvalue weighted by Gasteiger charge is -2.30. The summed E-state index contributed by atoms with van der Waals surface area (Å²) in [5.41, 5.74) is 5.71. The molecule has 0 saturated heterocycles. The standard InChI is InChI=1S/C48H42N4O6/c1-47(2,3)49-43(53)41-33-25-35-31(21-23-57-35)37(27-13-9-7-10-14-27)39(33)45(55)51(41)29-17-19-30(20-18-29)52-42(44(54)50-48(4,5)6)34-26-36-32(22-24-58-36)38(40(34)46(52)56)28-15-11-8-12-16-28/h7-26,41-42H,1-6H3,(H,49,53)(H,50,54). The van der Waals surface area contributed by atoms with Gasteiger partial charge in [-0.05, 0) is 101 Å². The molecule has 2 aromatic heterocycles. The Labute approximate surface area is 335 Å². The van der Waals surface area contributed by atoms with Crippen molar-refractivity contribution in [2.24, 2.45) is 0 Å². The van der Waals surface area contributed by atoms with Crippen molar-refractivity contribution in [2.45, 2.75) is 64.7 Å². The summed E-state index contributed by atoms with van der Waals surface area (Å²) in [6.07, 6.45) is 3.18. The van der Waals surface area contributed by atoms with Gasteiger partial charge in [0.15, 0.2) is 0 Å². The second-order valence-corrected chi connectivity index (χ2v) is 17.0. The fraction of sp³-hybridized carbons (Fsp3) is 0.208. The van der Waals surface area contributed by atoms with Crippen molar-refractivity contribution in [1.29, 1.82) is 0 Å². The number of anilines is 2. The Bertz CT molecular complexity index is 2600. The molecule has 2 aliphatic rings. The first-order valence-corrected chi connectivity index (χ1v) is 19.3. The number of benzene rings is 5. The molecule has 0 bridgehead atoms. The van der Waals surface area contributed by atoms with Crippen molar-refractivity contribution in [3.05, 3.63) is 144 Å². The number of rotatable bonds is 6. The number of carbonyl (C=O) groups excluding carboxylic acids is 4. The molecule has 0 radical (unpaired) electrons. The third-order valence-electron chi connectivity index (χ3n) is 10.6. The second-order valence-electron chi connectivity index (χ2n) is 17.0. The van der Waals surface area contributed by atoms with Gasteiger partial charge in [-0.15, -0.1) is 0 Å². The van der Waals surface area contributed by atoms with Gasteiger partial charge in [0.2, 0.25) is 11.8 Å². The molecule has 58 heavy (non-hydrogen) atoms. The average Bonchev–Trinajstić information content (AvgIpc) is 3.97. The van der Waals surface area contributed by atoms with Crippen LogP contribution < -0.4 is 20.4 Å². The van der Waals surface area contributed by atoms with Crippen molar-refractivity contribution in [1.82, 2.24) is 10.6 Å². The van der Waals surface area contributed by atoms with Gasteiger partial charge in [0.1, 0.15) is 23.2 Å². The summed E-state index contributed by atoms with van der Waals surface area (Å²) < 4.78 is 11.8. The maximum absolute atomic E-state index is 14.9. The summed E-state index contributed by atoms with van der Waals surface area (Å²) in [7, 11) is 0. The van der Waals surface area contributed by atoms with E-state index in [1.165, 1.54) is 9.80 Å². The minimum Gasteiger partial charge on any atom is -0.464 e. The van der Waals surface area contributed by atoms with E-state index >= 15 is 0 Å². The average molecular weight is 771 g/mol. The van der Waals surface area contributed by atoms with Gasteiger partial charge in [-0.25, -0.2) is 0 Å². The van der Waals surface area contributed by atoms with Crippen molar-refractivity contribution in [3.8, 4) is 22.3 Å². The number of amides is 4. The highest BCUT2D eigenvalue weighted by atomic mass is 16.3. The summed E-state index contributed by atoms with van der Waals surface area (Å²) in [5, 5.41) is 7.71. The Balaban J connectivity index is 1.18. The molecule has 10 heteroatoms. The third-order valence-corrected chi connectivity index (χ3v) is 10.6. The Kier molecular flexibility index (Phi) is 8.43. The SMILES string of the molecule is CC(C)(C)NC(=O)C1c2cc3occc3c(-c3ccccc3)c2C(=O)N1c1ccc(N2C(=O)c3c(cc4occc4c3-c3ccccc3)C2C(=O)NC(C)(C)C)cc1. The lowest BCUT2D eigenvalue weighted by Crippen LogP contribution is -2.47. The number of nitrogens with zero attached hydrogens (tertiary/aromatic N) is 2. The molecule has 2 unspecified atom stereocenters. The molecule has 4 amide bonds. The molecule has 7 aromatic rings. The molecule has 2 N–H and O–H groups in total. The summed E-state index contributed by atoms with van der Waals surface area (Å²) >= 11 is 0. The van der Waals surface area contributed by atoms with E-state index in [9.17, 15) is 19.2 Å². The molecule has 0 fully saturated rings. The van der Waals surface area contributed by atoms with Gasteiger partial charge in [-0.2, -0.15) is 0 Å². The molecule has 0 aliphatic carbocycles. The molecular weight excluding hydrogens is 729 g/mol. The molecule has 290 valence electrons. The van der Waals surface area contributed by atoms with Crippen LogP contribution >= 0.6 is 0 Å². The van der Waals surface area contributed by atoms with Crippen molar-refractivity contribution >= 4 is 56.9 Å². The van der Waals surface area contributed by atoms with E-state index < -0.39 is 23.2 Å². The van der Waals surface area contributed by atoms with E-state index in [0.29, 0.717) is 55.9 Å². The van der Waals surface area contributed by atoms with Crippen LogP contribution in [0.2, 0.25) is 0 Å². The first-order valence-electron chi connectivity index (χ1n) is 19.3. The predicted octanol–water partition coefficient (Wildman–Crippen LogP) is 9.75. The number of nitrogens with one attached hydrogen (secondary N) is 2. The summed E-state index contributed by atoms with van der Waals surface area (Å²) in [6, 6.07) is 31.3. The van der Waals surface area contributed by atoms with Gasteiger partial charge in [-0.1, -0.05) is 60.7 Å². The molecule has 0 spiro atoms. The van der Waals surface area contributed by atoms with Crippen LogP contribution in [0.5, 0.6) is 0 Å². The van der Waals surface area contributed by atoms with Crippen LogP contribution in [-0.4, -0.2) is 34.7 Å². The van der Waals surface area contributed by atoms with E-state index in [1.54, 1.807) is 48.9 Å². The second kappa shape index (κ2) is 13.3. The van der Waals surface area contributed by atoms with Crippen LogP contribution in [0.4, 0.5) is 11.4 Å². The van der Waals surface area contributed by atoms with Crippen molar-refractivity contribution in [2.75, 3.05) is 9.80 Å². The van der Waals surface area contributed by atoms with E-state index in [1.807, 2.05) is 114 Å². The Hall–Kier alpha value is -6.94. The van der Waals surface area contributed by atoms with Gasteiger partial charge >= 0.3 is 0 Å². The van der Waals surface area contributed by atoms with Crippen LogP contribution in [0.15, 0.2) is 131 Å². The van der Waals surface area contributed by atoms with Gasteiger partial charge < -0.3 is 19.5 Å². The maximum atomic E-state index is 14.9. The molecule has 2 atom stereocenters. The Morgan fingerprint density at radius 2 is 0.879 bits per heavy atom. The zero-order chi connectivity index (χ0) is 40.7.